The molecular formula is C20H19N3O4. The van der Waals surface area contributed by atoms with E-state index in [-0.39, 0.29) is 24.5 Å². The Balaban J connectivity index is 1.92. The largest absolute Gasteiger partial charge is 0.493 e. The number of hydrogen-bond donors (Lipinski definition) is 3. The number of anilines is 1. The van der Waals surface area contributed by atoms with Crippen molar-refractivity contribution >= 4 is 23.4 Å². The zero-order chi connectivity index (χ0) is 19.4. The molecule has 0 saturated heterocycles. The summed E-state index contributed by atoms with van der Waals surface area (Å²) in [6, 6.07) is 13.3. The molecule has 3 amide bonds. The first-order valence-electron chi connectivity index (χ1n) is 8.34. The Morgan fingerprint density at radius 3 is 2.67 bits per heavy atom. The van der Waals surface area contributed by atoms with Crippen LogP contribution in [0.4, 0.5) is 5.69 Å². The number of ether oxygens (including phenoxy) is 1. The minimum Gasteiger partial charge on any atom is -0.493 e. The highest BCUT2D eigenvalue weighted by molar-refractivity contribution is 6.02. The molecule has 7 nitrogen and oxygen atoms in total. The van der Waals surface area contributed by atoms with Gasteiger partial charge in [0.05, 0.1) is 6.61 Å². The Kier molecular flexibility index (Phi) is 4.94. The third-order valence-corrected chi connectivity index (χ3v) is 4.41. The number of carbonyl (C=O) groups excluding carboxylic acids is 3. The molecule has 0 bridgehead atoms. The Morgan fingerprint density at radius 1 is 1.15 bits per heavy atom. The molecule has 1 atom stereocenters. The van der Waals surface area contributed by atoms with Gasteiger partial charge in [-0.1, -0.05) is 30.8 Å². The van der Waals surface area contributed by atoms with Gasteiger partial charge >= 0.3 is 0 Å². The van der Waals surface area contributed by atoms with Crippen molar-refractivity contribution in [2.45, 2.75) is 12.0 Å². The summed E-state index contributed by atoms with van der Waals surface area (Å²) >= 11 is 0. The van der Waals surface area contributed by atoms with Crippen LogP contribution < -0.4 is 21.1 Å². The number of amides is 3. The van der Waals surface area contributed by atoms with Gasteiger partial charge in [-0.05, 0) is 30.3 Å². The molecule has 7 heteroatoms. The van der Waals surface area contributed by atoms with Crippen molar-refractivity contribution < 1.29 is 19.1 Å². The van der Waals surface area contributed by atoms with Crippen LogP contribution in [-0.2, 0) is 15.1 Å². The molecule has 0 saturated carbocycles. The highest BCUT2D eigenvalue weighted by Gasteiger charge is 2.44. The van der Waals surface area contributed by atoms with Crippen LogP contribution in [0.3, 0.4) is 0 Å². The van der Waals surface area contributed by atoms with Crippen LogP contribution in [0.5, 0.6) is 5.75 Å². The van der Waals surface area contributed by atoms with Crippen LogP contribution in [0.15, 0.2) is 61.2 Å². The predicted octanol–water partition coefficient (Wildman–Crippen LogP) is 1.70. The van der Waals surface area contributed by atoms with Gasteiger partial charge in [0, 0.05) is 23.2 Å². The summed E-state index contributed by atoms with van der Waals surface area (Å²) in [7, 11) is 0. The van der Waals surface area contributed by atoms with E-state index in [1.54, 1.807) is 42.5 Å². The van der Waals surface area contributed by atoms with E-state index in [2.05, 4.69) is 17.2 Å². The van der Waals surface area contributed by atoms with Gasteiger partial charge in [0.1, 0.15) is 5.75 Å². The lowest BCUT2D eigenvalue weighted by Crippen LogP contribution is -2.57. The molecule has 1 heterocycles. The summed E-state index contributed by atoms with van der Waals surface area (Å²) in [6.07, 6.45) is 1.35. The van der Waals surface area contributed by atoms with E-state index in [1.165, 1.54) is 6.07 Å². The standard InChI is InChI=1S/C20H19N3O4/c1-2-17(24)22-14-7-5-6-13(12-14)18(25)23-20(19(21)26)10-11-27-16-9-4-3-8-15(16)20/h2-9,12H,1,10-11H2,(H2,21,26)(H,22,24)(H,23,25). The molecule has 2 aromatic rings. The van der Waals surface area contributed by atoms with Crippen LogP contribution in [0.25, 0.3) is 0 Å². The van der Waals surface area contributed by atoms with Crippen molar-refractivity contribution in [3.05, 3.63) is 72.3 Å². The first kappa shape index (κ1) is 18.2. The molecule has 27 heavy (non-hydrogen) atoms. The molecule has 2 aromatic carbocycles. The third kappa shape index (κ3) is 3.52. The summed E-state index contributed by atoms with van der Waals surface area (Å²) in [4.78, 5) is 36.6. The molecule has 0 fully saturated rings. The van der Waals surface area contributed by atoms with E-state index in [4.69, 9.17) is 10.5 Å². The quantitative estimate of drug-likeness (QED) is 0.701. The smallest absolute Gasteiger partial charge is 0.252 e. The second-order valence-corrected chi connectivity index (χ2v) is 6.09. The van der Waals surface area contributed by atoms with Crippen LogP contribution in [0, 0.1) is 0 Å². The molecule has 1 aliphatic rings. The van der Waals surface area contributed by atoms with Gasteiger partial charge in [-0.3, -0.25) is 14.4 Å². The summed E-state index contributed by atoms with van der Waals surface area (Å²) < 4.78 is 5.58. The molecule has 0 spiro atoms. The number of para-hydroxylation sites is 1. The maximum atomic E-state index is 12.8. The fraction of sp³-hybridized carbons (Fsp3) is 0.150. The molecule has 0 radical (unpaired) electrons. The van der Waals surface area contributed by atoms with Crippen molar-refractivity contribution in [3.8, 4) is 5.75 Å². The first-order chi connectivity index (χ1) is 13.0. The minimum absolute atomic E-state index is 0.220. The molecule has 138 valence electrons. The van der Waals surface area contributed by atoms with E-state index in [0.29, 0.717) is 17.0 Å². The fourth-order valence-electron chi connectivity index (χ4n) is 3.04. The van der Waals surface area contributed by atoms with E-state index in [1.807, 2.05) is 0 Å². The molecule has 1 aliphatic heterocycles. The monoisotopic (exact) mass is 365 g/mol. The lowest BCUT2D eigenvalue weighted by Gasteiger charge is -2.36. The van der Waals surface area contributed by atoms with Crippen molar-refractivity contribution in [3.63, 3.8) is 0 Å². The molecule has 4 N–H and O–H groups in total. The Bertz CT molecular complexity index is 925. The number of benzene rings is 2. The number of primary amides is 1. The van der Waals surface area contributed by atoms with Crippen LogP contribution in [0.1, 0.15) is 22.3 Å². The normalized spacial score (nSPS) is 17.8. The number of hydrogen-bond acceptors (Lipinski definition) is 4. The Morgan fingerprint density at radius 2 is 1.93 bits per heavy atom. The van der Waals surface area contributed by atoms with Crippen LogP contribution in [-0.4, -0.2) is 24.3 Å². The number of nitrogens with one attached hydrogen (secondary N) is 2. The van der Waals surface area contributed by atoms with E-state index < -0.39 is 17.4 Å². The second-order valence-electron chi connectivity index (χ2n) is 6.09. The second kappa shape index (κ2) is 7.33. The molecule has 0 aromatic heterocycles. The fourth-order valence-corrected chi connectivity index (χ4v) is 3.04. The molecular weight excluding hydrogens is 346 g/mol. The van der Waals surface area contributed by atoms with Gasteiger partial charge in [-0.15, -0.1) is 0 Å². The van der Waals surface area contributed by atoms with E-state index in [0.717, 1.165) is 6.08 Å². The third-order valence-electron chi connectivity index (χ3n) is 4.41. The topological polar surface area (TPSA) is 111 Å². The average Bonchev–Trinajstić information content (AvgIpc) is 2.68. The van der Waals surface area contributed by atoms with Crippen LogP contribution in [0.2, 0.25) is 0 Å². The maximum Gasteiger partial charge on any atom is 0.252 e. The van der Waals surface area contributed by atoms with Gasteiger partial charge in [0.2, 0.25) is 11.8 Å². The van der Waals surface area contributed by atoms with Crippen LogP contribution >= 0.6 is 0 Å². The van der Waals surface area contributed by atoms with Gasteiger partial charge in [0.25, 0.3) is 5.91 Å². The lowest BCUT2D eigenvalue weighted by atomic mass is 9.83. The maximum absolute atomic E-state index is 12.8. The average molecular weight is 365 g/mol. The molecule has 1 unspecified atom stereocenters. The highest BCUT2D eigenvalue weighted by atomic mass is 16.5. The van der Waals surface area contributed by atoms with Crippen molar-refractivity contribution in [2.75, 3.05) is 11.9 Å². The molecule has 3 rings (SSSR count). The number of fused-ring (bicyclic) bond motifs is 1. The zero-order valence-electron chi connectivity index (χ0n) is 14.5. The SMILES string of the molecule is C=CC(=O)Nc1cccc(C(=O)NC2(C(N)=O)CCOc3ccccc32)c1. The Labute approximate surface area is 156 Å². The first-order valence-corrected chi connectivity index (χ1v) is 8.34. The van der Waals surface area contributed by atoms with E-state index in [9.17, 15) is 14.4 Å². The summed E-state index contributed by atoms with van der Waals surface area (Å²) in [5.41, 5.74) is 5.55. The van der Waals surface area contributed by atoms with Crippen molar-refractivity contribution in [1.82, 2.24) is 5.32 Å². The Hall–Kier alpha value is -3.61. The summed E-state index contributed by atoms with van der Waals surface area (Å²) in [5, 5.41) is 5.36. The number of nitrogens with two attached hydrogens (primary N) is 1. The van der Waals surface area contributed by atoms with Gasteiger partial charge in [-0.2, -0.15) is 0 Å². The van der Waals surface area contributed by atoms with Crippen molar-refractivity contribution in [1.29, 1.82) is 0 Å². The van der Waals surface area contributed by atoms with Gasteiger partial charge in [-0.25, -0.2) is 0 Å². The minimum atomic E-state index is -1.37. The van der Waals surface area contributed by atoms with Gasteiger partial charge < -0.3 is 21.1 Å². The summed E-state index contributed by atoms with van der Waals surface area (Å²) in [6.45, 7) is 3.63. The number of rotatable bonds is 5. The predicted molar refractivity (Wildman–Crippen MR) is 100 cm³/mol. The number of carbonyl (C=O) groups is 3. The lowest BCUT2D eigenvalue weighted by molar-refractivity contribution is -0.125. The zero-order valence-corrected chi connectivity index (χ0v) is 14.5. The molecule has 0 aliphatic carbocycles. The van der Waals surface area contributed by atoms with Crippen molar-refractivity contribution in [2.24, 2.45) is 5.73 Å². The van der Waals surface area contributed by atoms with Gasteiger partial charge in [0.15, 0.2) is 5.54 Å². The summed E-state index contributed by atoms with van der Waals surface area (Å²) in [5.74, 6) is -1.03. The highest BCUT2D eigenvalue weighted by Crippen LogP contribution is 2.37. The van der Waals surface area contributed by atoms with E-state index >= 15 is 0 Å².